The van der Waals surface area contributed by atoms with Gasteiger partial charge in [-0.3, -0.25) is 4.79 Å². The molecule has 18 N–H and O–H groups in total. The molecule has 0 aromatic carbocycles. The summed E-state index contributed by atoms with van der Waals surface area (Å²) in [5.41, 5.74) is 29.8. The van der Waals surface area contributed by atoms with Gasteiger partial charge in [0.1, 0.15) is 54.9 Å². The Morgan fingerprint density at radius 3 is 2.07 bits per heavy atom. The van der Waals surface area contributed by atoms with Crippen LogP contribution in [0.2, 0.25) is 0 Å². The summed E-state index contributed by atoms with van der Waals surface area (Å²) in [6, 6.07) is -3.26. The fourth-order valence-corrected chi connectivity index (χ4v) is 6.60. The van der Waals surface area contributed by atoms with Gasteiger partial charge in [0.25, 0.3) is 0 Å². The lowest BCUT2D eigenvalue weighted by molar-refractivity contribution is -0.323. The van der Waals surface area contributed by atoms with Crippen molar-refractivity contribution in [2.75, 3.05) is 26.2 Å². The minimum absolute atomic E-state index is 0.0119. The van der Waals surface area contributed by atoms with Crippen LogP contribution in [0.25, 0.3) is 0 Å². The second-order valence-electron chi connectivity index (χ2n) is 12.9. The Bertz CT molecular complexity index is 952. The Morgan fingerprint density at radius 1 is 0.800 bits per heavy atom. The molecule has 18 nitrogen and oxygen atoms in total. The summed E-state index contributed by atoms with van der Waals surface area (Å²) in [4.78, 5) is 12.7. The maximum absolute atomic E-state index is 12.7. The van der Waals surface area contributed by atoms with Gasteiger partial charge in [-0.2, -0.15) is 0 Å². The quantitative estimate of drug-likeness (QED) is 0.0878. The van der Waals surface area contributed by atoms with Crippen molar-refractivity contribution in [2.45, 2.75) is 123 Å². The second kappa shape index (κ2) is 15.9. The summed E-state index contributed by atoms with van der Waals surface area (Å²) < 4.78 is 23.5. The van der Waals surface area contributed by atoms with Crippen molar-refractivity contribution in [3.05, 3.63) is 0 Å². The largest absolute Gasteiger partial charge is 0.394 e. The molecule has 16 atom stereocenters. The molecular formula is C27H52N6O12. The average Bonchev–Trinajstić information content (AvgIpc) is 3.00. The van der Waals surface area contributed by atoms with E-state index < -0.39 is 110 Å². The molecule has 2 heterocycles. The van der Waals surface area contributed by atoms with Crippen LogP contribution >= 0.6 is 0 Å². The van der Waals surface area contributed by atoms with Crippen LogP contribution in [0.15, 0.2) is 0 Å². The van der Waals surface area contributed by atoms with Gasteiger partial charge in [0.2, 0.25) is 0 Å². The van der Waals surface area contributed by atoms with E-state index in [-0.39, 0.29) is 32.0 Å². The first-order valence-corrected chi connectivity index (χ1v) is 15.5. The number of nitrogens with two attached hydrogens (primary N) is 5. The van der Waals surface area contributed by atoms with E-state index in [0.29, 0.717) is 12.5 Å². The van der Waals surface area contributed by atoms with Crippen LogP contribution in [-0.2, 0) is 23.7 Å². The minimum Gasteiger partial charge on any atom is -0.394 e. The van der Waals surface area contributed by atoms with Crippen molar-refractivity contribution in [1.29, 1.82) is 0 Å². The van der Waals surface area contributed by atoms with E-state index >= 15 is 0 Å². The van der Waals surface area contributed by atoms with Crippen LogP contribution in [0.3, 0.4) is 0 Å². The highest BCUT2D eigenvalue weighted by molar-refractivity contribution is 5.83. The van der Waals surface area contributed by atoms with Crippen LogP contribution in [0.1, 0.15) is 25.7 Å². The number of carbonyl (C=O) groups is 1. The van der Waals surface area contributed by atoms with Crippen molar-refractivity contribution in [3.63, 3.8) is 0 Å². The summed E-state index contributed by atoms with van der Waals surface area (Å²) in [5, 5.41) is 76.6. The fourth-order valence-electron chi connectivity index (χ4n) is 6.60. The van der Waals surface area contributed by atoms with E-state index in [1.165, 1.54) is 0 Å². The first-order chi connectivity index (χ1) is 21.3. The van der Waals surface area contributed by atoms with Crippen molar-refractivity contribution < 1.29 is 59.5 Å². The van der Waals surface area contributed by atoms with Gasteiger partial charge in [0, 0.05) is 31.6 Å². The predicted octanol–water partition coefficient (Wildman–Crippen LogP) is -7.39. The third-order valence-corrected chi connectivity index (χ3v) is 9.51. The summed E-state index contributed by atoms with van der Waals surface area (Å²) in [5.74, 6) is -1.07. The Hall–Kier alpha value is -1.01. The molecule has 1 unspecified atom stereocenters. The average molecular weight is 653 g/mol. The molecule has 18 heteroatoms. The number of ketones is 1. The van der Waals surface area contributed by atoms with Crippen LogP contribution in [0.4, 0.5) is 0 Å². The zero-order chi connectivity index (χ0) is 33.2. The van der Waals surface area contributed by atoms with Gasteiger partial charge >= 0.3 is 0 Å². The number of rotatable bonds is 13. The Morgan fingerprint density at radius 2 is 1.44 bits per heavy atom. The van der Waals surface area contributed by atoms with Gasteiger partial charge in [-0.1, -0.05) is 0 Å². The van der Waals surface area contributed by atoms with E-state index in [1.54, 1.807) is 0 Å². The molecule has 4 rings (SSSR count). The minimum atomic E-state index is -1.60. The molecule has 0 bridgehead atoms. The maximum Gasteiger partial charge on any atom is 0.186 e. The zero-order valence-electron chi connectivity index (χ0n) is 25.1. The molecule has 4 aliphatic rings. The SMILES string of the molecule is NC[C@H](O)C(=O)C[C@@H]1C[C@H](N)C(O[C@H]2O[C@H](CNCC3CC(N)C3)[C@@H](O)[C@H](O)[C@H]2N)[C@H](O)[C@H]1O[C@H]1O[C@H](CO)[C@@H](O)[C@H](N)[C@H]1O. The molecule has 0 aromatic rings. The highest BCUT2D eigenvalue weighted by Crippen LogP contribution is 2.36. The number of Topliss-reactive ketones (excluding diaryl/α,β-unsaturated/α-hetero) is 1. The normalized spacial score (nSPS) is 48.0. The number of nitrogens with one attached hydrogen (secondary N) is 1. The molecule has 2 aliphatic heterocycles. The molecule has 262 valence electrons. The van der Waals surface area contributed by atoms with Gasteiger partial charge in [-0.15, -0.1) is 0 Å². The van der Waals surface area contributed by atoms with Crippen LogP contribution in [-0.4, -0.2) is 166 Å². The van der Waals surface area contributed by atoms with E-state index in [1.807, 2.05) is 0 Å². The Labute approximate surface area is 261 Å². The fraction of sp³-hybridized carbons (Fsp3) is 0.963. The Kier molecular flexibility index (Phi) is 13.0. The summed E-state index contributed by atoms with van der Waals surface area (Å²) in [6.45, 7) is -0.164. The highest BCUT2D eigenvalue weighted by atomic mass is 16.7. The molecular weight excluding hydrogens is 600 g/mol. The molecule has 45 heavy (non-hydrogen) atoms. The van der Waals surface area contributed by atoms with Crippen molar-refractivity contribution in [2.24, 2.45) is 40.5 Å². The van der Waals surface area contributed by atoms with Crippen molar-refractivity contribution >= 4 is 5.78 Å². The summed E-state index contributed by atoms with van der Waals surface area (Å²) in [7, 11) is 0. The van der Waals surface area contributed by atoms with Crippen molar-refractivity contribution in [3.8, 4) is 0 Å². The number of hydrogen-bond donors (Lipinski definition) is 13. The first-order valence-electron chi connectivity index (χ1n) is 15.5. The summed E-state index contributed by atoms with van der Waals surface area (Å²) in [6.07, 6.45) is -14.9. The monoisotopic (exact) mass is 652 g/mol. The predicted molar refractivity (Wildman–Crippen MR) is 154 cm³/mol. The van der Waals surface area contributed by atoms with Crippen LogP contribution in [0, 0.1) is 11.8 Å². The zero-order valence-corrected chi connectivity index (χ0v) is 25.1. The summed E-state index contributed by atoms with van der Waals surface area (Å²) >= 11 is 0. The van der Waals surface area contributed by atoms with E-state index in [0.717, 1.165) is 12.8 Å². The van der Waals surface area contributed by atoms with Gasteiger partial charge in [-0.05, 0) is 37.6 Å². The number of aliphatic hydroxyl groups is 7. The maximum atomic E-state index is 12.7. The number of ether oxygens (including phenoxy) is 4. The molecule has 2 saturated heterocycles. The standard InChI is InChI=1S/C27H52N6O12/c28-5-14(36)13(35)4-10-3-12(30)25(23(41)24(10)44-27-22(40)17(31)19(37)16(8-34)43-27)45-26-18(32)21(39)20(38)15(42-26)7-33-6-9-1-11(29)2-9/h9-12,14-27,33-34,36-41H,1-8,28-32H2/t9?,10-,11?,12-,14-,15+,16+,17-,18+,19+,20+,21+,22+,23+,24-,25?,26+,27+/m0/s1. The molecule has 0 radical (unpaired) electrons. The molecule has 2 saturated carbocycles. The lowest BCUT2D eigenvalue weighted by Gasteiger charge is -2.49. The molecule has 4 fully saturated rings. The lowest BCUT2D eigenvalue weighted by Crippen LogP contribution is -2.68. The second-order valence-corrected chi connectivity index (χ2v) is 12.9. The van der Waals surface area contributed by atoms with E-state index in [2.05, 4.69) is 5.32 Å². The first kappa shape index (κ1) is 36.8. The van der Waals surface area contributed by atoms with Crippen LogP contribution < -0.4 is 34.0 Å². The van der Waals surface area contributed by atoms with Gasteiger partial charge in [0.15, 0.2) is 18.4 Å². The van der Waals surface area contributed by atoms with E-state index in [9.17, 15) is 40.5 Å². The van der Waals surface area contributed by atoms with Gasteiger partial charge in [-0.25, -0.2) is 0 Å². The number of carbonyl (C=O) groups excluding carboxylic acids is 1. The molecule has 0 aromatic heterocycles. The molecule has 2 aliphatic carbocycles. The van der Waals surface area contributed by atoms with E-state index in [4.69, 9.17) is 47.6 Å². The third kappa shape index (κ3) is 8.35. The van der Waals surface area contributed by atoms with Gasteiger partial charge < -0.3 is 88.7 Å². The number of aliphatic hydroxyl groups excluding tert-OH is 7. The smallest absolute Gasteiger partial charge is 0.186 e. The molecule has 0 spiro atoms. The Balaban J connectivity index is 1.49. The topological polar surface area (TPSA) is 338 Å². The van der Waals surface area contributed by atoms with Crippen LogP contribution in [0.5, 0.6) is 0 Å². The third-order valence-electron chi connectivity index (χ3n) is 9.51. The highest BCUT2D eigenvalue weighted by Gasteiger charge is 2.52. The van der Waals surface area contributed by atoms with Crippen molar-refractivity contribution in [1.82, 2.24) is 5.32 Å². The number of hydrogen-bond acceptors (Lipinski definition) is 18. The van der Waals surface area contributed by atoms with Gasteiger partial charge in [0.05, 0.1) is 24.8 Å². The molecule has 0 amide bonds. The lowest BCUT2D eigenvalue weighted by atomic mass is 9.76.